The molecule has 1 heterocycles. The van der Waals surface area contributed by atoms with Gasteiger partial charge in [0.05, 0.1) is 12.1 Å². The zero-order valence-electron chi connectivity index (χ0n) is 16.5. The minimum atomic E-state index is 0.335. The standard InChI is InChI=1S/C22H28Cl2N2O2/c1-3-26-10-6-8-18(26)14-25-13-16-11-20(24)22(21(12-16)27-2)28-15-17-7-4-5-9-19(17)23/h4-5,7,9,11-12,18,25H,3,6,8,10,13-15H2,1-2H3. The summed E-state index contributed by atoms with van der Waals surface area (Å²) in [6.45, 7) is 6.61. The molecule has 0 spiro atoms. The van der Waals surface area contributed by atoms with Crippen LogP contribution in [0.15, 0.2) is 36.4 Å². The van der Waals surface area contributed by atoms with Crippen molar-refractivity contribution in [3.63, 3.8) is 0 Å². The van der Waals surface area contributed by atoms with Crippen molar-refractivity contribution < 1.29 is 9.47 Å². The molecule has 1 N–H and O–H groups in total. The summed E-state index contributed by atoms with van der Waals surface area (Å²) < 4.78 is 11.4. The highest BCUT2D eigenvalue weighted by Crippen LogP contribution is 2.37. The molecular formula is C22H28Cl2N2O2. The molecule has 152 valence electrons. The van der Waals surface area contributed by atoms with Crippen molar-refractivity contribution in [3.8, 4) is 11.5 Å². The van der Waals surface area contributed by atoms with Crippen LogP contribution in [0.3, 0.4) is 0 Å². The molecule has 0 aromatic heterocycles. The fraction of sp³-hybridized carbons (Fsp3) is 0.455. The van der Waals surface area contributed by atoms with Crippen LogP contribution in [0.4, 0.5) is 0 Å². The highest BCUT2D eigenvalue weighted by atomic mass is 35.5. The Labute approximate surface area is 177 Å². The molecule has 2 aromatic carbocycles. The van der Waals surface area contributed by atoms with E-state index in [-0.39, 0.29) is 0 Å². The van der Waals surface area contributed by atoms with Gasteiger partial charge < -0.3 is 14.8 Å². The number of halogens is 2. The molecule has 1 atom stereocenters. The Morgan fingerprint density at radius 2 is 2.00 bits per heavy atom. The summed E-state index contributed by atoms with van der Waals surface area (Å²) in [5.41, 5.74) is 1.98. The lowest BCUT2D eigenvalue weighted by atomic mass is 10.1. The van der Waals surface area contributed by atoms with Gasteiger partial charge in [0.1, 0.15) is 6.61 Å². The summed E-state index contributed by atoms with van der Waals surface area (Å²) in [7, 11) is 1.63. The number of nitrogens with zero attached hydrogens (tertiary/aromatic N) is 1. The van der Waals surface area contributed by atoms with Gasteiger partial charge in [-0.1, -0.05) is 48.3 Å². The van der Waals surface area contributed by atoms with Crippen LogP contribution < -0.4 is 14.8 Å². The zero-order chi connectivity index (χ0) is 19.9. The molecule has 28 heavy (non-hydrogen) atoms. The Bertz CT molecular complexity index is 785. The zero-order valence-corrected chi connectivity index (χ0v) is 18.0. The van der Waals surface area contributed by atoms with Crippen molar-refractivity contribution in [2.24, 2.45) is 0 Å². The lowest BCUT2D eigenvalue weighted by molar-refractivity contribution is 0.260. The van der Waals surface area contributed by atoms with Gasteiger partial charge in [-0.05, 0) is 49.7 Å². The van der Waals surface area contributed by atoms with E-state index in [9.17, 15) is 0 Å². The third kappa shape index (κ3) is 5.32. The molecule has 0 radical (unpaired) electrons. The molecular weight excluding hydrogens is 395 g/mol. The topological polar surface area (TPSA) is 33.7 Å². The van der Waals surface area contributed by atoms with Gasteiger partial charge in [0.15, 0.2) is 11.5 Å². The van der Waals surface area contributed by atoms with Crippen LogP contribution in [0.25, 0.3) is 0 Å². The van der Waals surface area contributed by atoms with Crippen LogP contribution in [-0.2, 0) is 13.2 Å². The molecule has 2 aromatic rings. The van der Waals surface area contributed by atoms with E-state index in [0.717, 1.165) is 30.8 Å². The first-order valence-corrected chi connectivity index (χ1v) is 10.5. The Kier molecular flexibility index (Phi) is 7.86. The highest BCUT2D eigenvalue weighted by molar-refractivity contribution is 6.32. The predicted molar refractivity (Wildman–Crippen MR) is 116 cm³/mol. The van der Waals surface area contributed by atoms with Gasteiger partial charge in [-0.25, -0.2) is 0 Å². The van der Waals surface area contributed by atoms with Crippen LogP contribution in [0.5, 0.6) is 11.5 Å². The largest absolute Gasteiger partial charge is 0.493 e. The molecule has 0 bridgehead atoms. The lowest BCUT2D eigenvalue weighted by Crippen LogP contribution is -2.37. The minimum Gasteiger partial charge on any atom is -0.493 e. The summed E-state index contributed by atoms with van der Waals surface area (Å²) in [5, 5.41) is 4.77. The molecule has 1 saturated heterocycles. The Morgan fingerprint density at radius 1 is 1.18 bits per heavy atom. The van der Waals surface area contributed by atoms with Crippen LogP contribution in [0.2, 0.25) is 10.0 Å². The maximum atomic E-state index is 6.50. The normalized spacial score (nSPS) is 17.1. The van der Waals surface area contributed by atoms with Crippen molar-refractivity contribution in [2.75, 3.05) is 26.7 Å². The van der Waals surface area contributed by atoms with E-state index in [1.807, 2.05) is 36.4 Å². The predicted octanol–water partition coefficient (Wildman–Crippen LogP) is 5.15. The summed E-state index contributed by atoms with van der Waals surface area (Å²) in [4.78, 5) is 2.53. The van der Waals surface area contributed by atoms with Crippen LogP contribution >= 0.6 is 23.2 Å². The molecule has 6 heteroatoms. The van der Waals surface area contributed by atoms with Gasteiger partial charge in [0, 0.05) is 29.7 Å². The maximum absolute atomic E-state index is 6.50. The van der Waals surface area contributed by atoms with E-state index in [1.54, 1.807) is 7.11 Å². The Hall–Kier alpha value is -1.46. The molecule has 0 amide bonds. The van der Waals surface area contributed by atoms with Gasteiger partial charge in [-0.15, -0.1) is 0 Å². The van der Waals surface area contributed by atoms with E-state index < -0.39 is 0 Å². The third-order valence-corrected chi connectivity index (χ3v) is 5.88. The van der Waals surface area contributed by atoms with E-state index >= 15 is 0 Å². The highest BCUT2D eigenvalue weighted by Gasteiger charge is 2.22. The number of likely N-dealkylation sites (N-methyl/N-ethyl adjacent to an activating group) is 1. The number of nitrogens with one attached hydrogen (secondary N) is 1. The Morgan fingerprint density at radius 3 is 2.75 bits per heavy atom. The second-order valence-electron chi connectivity index (χ2n) is 7.04. The first-order valence-electron chi connectivity index (χ1n) is 9.79. The minimum absolute atomic E-state index is 0.335. The summed E-state index contributed by atoms with van der Waals surface area (Å²) in [5.74, 6) is 1.17. The maximum Gasteiger partial charge on any atom is 0.180 e. The molecule has 1 aliphatic heterocycles. The SMILES string of the molecule is CCN1CCCC1CNCc1cc(Cl)c(OCc2ccccc2Cl)c(OC)c1. The number of likely N-dealkylation sites (tertiary alicyclic amines) is 1. The van der Waals surface area contributed by atoms with E-state index in [4.69, 9.17) is 32.7 Å². The number of benzene rings is 2. The van der Waals surface area contributed by atoms with Gasteiger partial charge in [0.25, 0.3) is 0 Å². The second-order valence-corrected chi connectivity index (χ2v) is 7.86. The van der Waals surface area contributed by atoms with Crippen LogP contribution in [-0.4, -0.2) is 37.7 Å². The summed E-state index contributed by atoms with van der Waals surface area (Å²) in [6.07, 6.45) is 2.55. The number of methoxy groups -OCH3 is 1. The molecule has 3 rings (SSSR count). The van der Waals surface area contributed by atoms with E-state index in [0.29, 0.717) is 34.2 Å². The molecule has 0 aliphatic carbocycles. The molecule has 0 saturated carbocycles. The monoisotopic (exact) mass is 422 g/mol. The number of hydrogen-bond acceptors (Lipinski definition) is 4. The molecule has 1 aliphatic rings. The van der Waals surface area contributed by atoms with Crippen molar-refractivity contribution in [2.45, 2.75) is 39.0 Å². The molecule has 4 nitrogen and oxygen atoms in total. The number of ether oxygens (including phenoxy) is 2. The smallest absolute Gasteiger partial charge is 0.180 e. The first kappa shape index (κ1) is 21.3. The first-order chi connectivity index (χ1) is 13.6. The van der Waals surface area contributed by atoms with Crippen LogP contribution in [0.1, 0.15) is 30.9 Å². The fourth-order valence-electron chi connectivity index (χ4n) is 3.71. The van der Waals surface area contributed by atoms with Crippen molar-refractivity contribution in [3.05, 3.63) is 57.6 Å². The lowest BCUT2D eigenvalue weighted by Gasteiger charge is -2.23. The van der Waals surface area contributed by atoms with Crippen molar-refractivity contribution in [1.29, 1.82) is 0 Å². The van der Waals surface area contributed by atoms with Crippen molar-refractivity contribution in [1.82, 2.24) is 10.2 Å². The quantitative estimate of drug-likeness (QED) is 0.605. The van der Waals surface area contributed by atoms with Gasteiger partial charge in [0.2, 0.25) is 0 Å². The number of hydrogen-bond donors (Lipinski definition) is 1. The van der Waals surface area contributed by atoms with Gasteiger partial charge >= 0.3 is 0 Å². The Balaban J connectivity index is 1.61. The average molecular weight is 423 g/mol. The summed E-state index contributed by atoms with van der Waals surface area (Å²) >= 11 is 12.7. The third-order valence-electron chi connectivity index (χ3n) is 5.23. The summed E-state index contributed by atoms with van der Waals surface area (Å²) in [6, 6.07) is 12.1. The molecule has 1 unspecified atom stereocenters. The number of rotatable bonds is 9. The molecule has 1 fully saturated rings. The van der Waals surface area contributed by atoms with E-state index in [2.05, 4.69) is 17.1 Å². The van der Waals surface area contributed by atoms with Crippen molar-refractivity contribution >= 4 is 23.2 Å². The van der Waals surface area contributed by atoms with Gasteiger partial charge in [-0.2, -0.15) is 0 Å². The van der Waals surface area contributed by atoms with Crippen LogP contribution in [0, 0.1) is 0 Å². The fourth-order valence-corrected chi connectivity index (χ4v) is 4.18. The second kappa shape index (κ2) is 10.4. The van der Waals surface area contributed by atoms with E-state index in [1.165, 1.54) is 19.4 Å². The van der Waals surface area contributed by atoms with Gasteiger partial charge in [-0.3, -0.25) is 4.90 Å². The average Bonchev–Trinajstić information content (AvgIpc) is 3.15.